The Morgan fingerprint density at radius 2 is 2.00 bits per heavy atom. The van der Waals surface area contributed by atoms with Gasteiger partial charge in [-0.25, -0.2) is 0 Å². The predicted octanol–water partition coefficient (Wildman–Crippen LogP) is 4.19. The molecule has 5 nitrogen and oxygen atoms in total. The van der Waals surface area contributed by atoms with Gasteiger partial charge < -0.3 is 20.4 Å². The first kappa shape index (κ1) is 23.7. The normalized spacial score (nSPS) is 25.5. The van der Waals surface area contributed by atoms with Crippen molar-refractivity contribution >= 4 is 17.6 Å². The Morgan fingerprint density at radius 1 is 1.28 bits per heavy atom. The summed E-state index contributed by atoms with van der Waals surface area (Å²) in [6.07, 6.45) is 8.06. The third-order valence-electron chi connectivity index (χ3n) is 5.81. The number of benzene rings is 1. The summed E-state index contributed by atoms with van der Waals surface area (Å²) in [5, 5.41) is 39.0. The number of aliphatic hydroxyl groups excluding tert-OH is 2. The van der Waals surface area contributed by atoms with Crippen LogP contribution in [0.25, 0.3) is 0 Å². The molecule has 162 valence electrons. The van der Waals surface area contributed by atoms with Crippen molar-refractivity contribution in [1.29, 1.82) is 0 Å². The number of phenolic OH excluding ortho intramolecular Hbond substituents is 1. The van der Waals surface area contributed by atoms with Crippen LogP contribution in [0, 0.1) is 18.8 Å². The number of carbonyl (C=O) groups is 1. The van der Waals surface area contributed by atoms with Gasteiger partial charge in [0.25, 0.3) is 0 Å². The van der Waals surface area contributed by atoms with E-state index < -0.39 is 18.2 Å². The molecule has 0 aromatic heterocycles. The summed E-state index contributed by atoms with van der Waals surface area (Å²) < 4.78 is 0. The van der Waals surface area contributed by atoms with Gasteiger partial charge in [-0.3, -0.25) is 4.79 Å². The van der Waals surface area contributed by atoms with E-state index in [0.29, 0.717) is 19.3 Å². The van der Waals surface area contributed by atoms with Gasteiger partial charge >= 0.3 is 5.97 Å². The van der Waals surface area contributed by atoms with Crippen LogP contribution in [0.1, 0.15) is 56.1 Å². The maximum Gasteiger partial charge on any atom is 0.303 e. The van der Waals surface area contributed by atoms with Crippen LogP contribution in [0.15, 0.2) is 30.4 Å². The molecule has 0 amide bonds. The van der Waals surface area contributed by atoms with Crippen LogP contribution in [0.2, 0.25) is 0 Å². The molecule has 5 atom stereocenters. The maximum absolute atomic E-state index is 10.6. The minimum Gasteiger partial charge on any atom is -0.508 e. The largest absolute Gasteiger partial charge is 0.508 e. The Morgan fingerprint density at radius 3 is 2.69 bits per heavy atom. The number of rotatable bonds is 11. The molecule has 1 aromatic carbocycles. The predicted molar refractivity (Wildman–Crippen MR) is 114 cm³/mol. The van der Waals surface area contributed by atoms with Gasteiger partial charge in [-0.1, -0.05) is 43.5 Å². The number of halogens is 1. The Bertz CT molecular complexity index is 690. The highest BCUT2D eigenvalue weighted by Crippen LogP contribution is 2.40. The fourth-order valence-corrected chi connectivity index (χ4v) is 4.63. The molecule has 1 aromatic rings. The van der Waals surface area contributed by atoms with Crippen molar-refractivity contribution in [2.24, 2.45) is 11.8 Å². The molecule has 0 spiro atoms. The van der Waals surface area contributed by atoms with Gasteiger partial charge in [-0.15, -0.1) is 11.6 Å². The highest BCUT2D eigenvalue weighted by molar-refractivity contribution is 6.21. The van der Waals surface area contributed by atoms with Gasteiger partial charge in [0.15, 0.2) is 0 Å². The van der Waals surface area contributed by atoms with Crippen LogP contribution in [-0.2, 0) is 11.2 Å². The Labute approximate surface area is 178 Å². The van der Waals surface area contributed by atoms with E-state index in [9.17, 15) is 20.1 Å². The number of hydrogen-bond acceptors (Lipinski definition) is 4. The highest BCUT2D eigenvalue weighted by atomic mass is 35.5. The number of aryl methyl sites for hydroxylation is 1. The molecule has 0 bridgehead atoms. The molecule has 0 heterocycles. The summed E-state index contributed by atoms with van der Waals surface area (Å²) in [5.74, 6) is -0.430. The molecule has 0 aliphatic heterocycles. The van der Waals surface area contributed by atoms with Crippen molar-refractivity contribution in [3.8, 4) is 5.75 Å². The van der Waals surface area contributed by atoms with E-state index in [4.69, 9.17) is 16.7 Å². The van der Waals surface area contributed by atoms with Crippen LogP contribution in [0.5, 0.6) is 5.75 Å². The Hall–Kier alpha value is -1.56. The van der Waals surface area contributed by atoms with Crippen molar-refractivity contribution in [2.75, 3.05) is 0 Å². The number of aromatic hydroxyl groups is 1. The Kier molecular flexibility index (Phi) is 9.47. The number of alkyl halides is 1. The summed E-state index contributed by atoms with van der Waals surface area (Å²) in [5.41, 5.74) is 1.72. The molecule has 1 aliphatic rings. The Balaban J connectivity index is 1.85. The van der Waals surface area contributed by atoms with E-state index >= 15 is 0 Å². The lowest BCUT2D eigenvalue weighted by Crippen LogP contribution is -2.19. The second kappa shape index (κ2) is 11.6. The monoisotopic (exact) mass is 424 g/mol. The molecule has 6 heteroatoms. The minimum absolute atomic E-state index is 0.0762. The first-order chi connectivity index (χ1) is 13.8. The maximum atomic E-state index is 10.6. The van der Waals surface area contributed by atoms with Crippen LogP contribution in [0.4, 0.5) is 0 Å². The van der Waals surface area contributed by atoms with Crippen LogP contribution in [-0.4, -0.2) is 44.0 Å². The van der Waals surface area contributed by atoms with Crippen LogP contribution in [0.3, 0.4) is 0 Å². The third kappa shape index (κ3) is 7.65. The number of aliphatic carboxylic acids is 1. The summed E-state index contributed by atoms with van der Waals surface area (Å²) in [6.45, 7) is 1.82. The van der Waals surface area contributed by atoms with E-state index in [0.717, 1.165) is 36.8 Å². The fraction of sp³-hybridized carbons (Fsp3) is 0.609. The molecule has 1 aliphatic carbocycles. The smallest absolute Gasteiger partial charge is 0.303 e. The zero-order chi connectivity index (χ0) is 21.4. The average Bonchev–Trinajstić information content (AvgIpc) is 2.92. The lowest BCUT2D eigenvalue weighted by molar-refractivity contribution is -0.137. The molecular formula is C23H33ClO5. The summed E-state index contributed by atoms with van der Waals surface area (Å²) >= 11 is 6.47. The van der Waals surface area contributed by atoms with Gasteiger partial charge in [0.2, 0.25) is 0 Å². The fourth-order valence-electron chi connectivity index (χ4n) is 4.15. The van der Waals surface area contributed by atoms with Crippen molar-refractivity contribution in [3.63, 3.8) is 0 Å². The molecule has 0 unspecified atom stereocenters. The molecule has 2 rings (SSSR count). The topological polar surface area (TPSA) is 98.0 Å². The second-order valence-corrected chi connectivity index (χ2v) is 8.74. The lowest BCUT2D eigenvalue weighted by Gasteiger charge is -2.21. The highest BCUT2D eigenvalue weighted by Gasteiger charge is 2.39. The van der Waals surface area contributed by atoms with E-state index in [1.807, 2.05) is 19.1 Å². The summed E-state index contributed by atoms with van der Waals surface area (Å²) in [4.78, 5) is 10.6. The number of carboxylic acid groups (broad SMARTS) is 1. The van der Waals surface area contributed by atoms with Crippen molar-refractivity contribution in [1.82, 2.24) is 0 Å². The van der Waals surface area contributed by atoms with E-state index in [1.54, 1.807) is 18.2 Å². The zero-order valence-corrected chi connectivity index (χ0v) is 17.8. The number of aliphatic hydroxyl groups is 2. The van der Waals surface area contributed by atoms with Gasteiger partial charge in [-0.05, 0) is 49.3 Å². The summed E-state index contributed by atoms with van der Waals surface area (Å²) in [7, 11) is 0. The van der Waals surface area contributed by atoms with Crippen molar-refractivity contribution in [2.45, 2.75) is 75.9 Å². The standard InChI is InChI=1S/C23H33ClO5/c1-15-12-16(8-11-21(15)26)13-17(25)9-10-19-18(20(24)14-22(19)27)6-4-2-3-5-7-23(28)29/h8-12,17-20,22,25-27H,2-7,13-14H2,1H3,(H,28,29)/b10-9+/t17-,18+,19+,20+,22+/m0/s1. The van der Waals surface area contributed by atoms with E-state index in [-0.39, 0.29) is 29.4 Å². The zero-order valence-electron chi connectivity index (χ0n) is 17.0. The van der Waals surface area contributed by atoms with E-state index in [1.165, 1.54) is 0 Å². The molecular weight excluding hydrogens is 392 g/mol. The SMILES string of the molecule is Cc1cc(C[C@@H](O)/C=C/[C@@H]2[C@@H](CCCCCCC(=O)O)[C@H](Cl)C[C@H]2O)ccc1O. The summed E-state index contributed by atoms with van der Waals surface area (Å²) in [6, 6.07) is 5.29. The van der Waals surface area contributed by atoms with Crippen molar-refractivity contribution < 1.29 is 25.2 Å². The molecule has 0 radical (unpaired) electrons. The third-order valence-corrected chi connectivity index (χ3v) is 6.31. The van der Waals surface area contributed by atoms with Crippen molar-refractivity contribution in [3.05, 3.63) is 41.5 Å². The average molecular weight is 425 g/mol. The lowest BCUT2D eigenvalue weighted by atomic mass is 9.88. The molecule has 0 saturated heterocycles. The minimum atomic E-state index is -0.754. The molecule has 1 fully saturated rings. The van der Waals surface area contributed by atoms with Crippen LogP contribution >= 0.6 is 11.6 Å². The van der Waals surface area contributed by atoms with E-state index in [2.05, 4.69) is 0 Å². The number of phenols is 1. The molecule has 29 heavy (non-hydrogen) atoms. The van der Waals surface area contributed by atoms with Gasteiger partial charge in [0, 0.05) is 24.1 Å². The number of unbranched alkanes of at least 4 members (excludes halogenated alkanes) is 3. The number of carboxylic acids is 1. The first-order valence-corrected chi connectivity index (χ1v) is 10.9. The second-order valence-electron chi connectivity index (χ2n) is 8.18. The van der Waals surface area contributed by atoms with Crippen LogP contribution < -0.4 is 0 Å². The van der Waals surface area contributed by atoms with Gasteiger partial charge in [-0.2, -0.15) is 0 Å². The van der Waals surface area contributed by atoms with Gasteiger partial charge in [0.05, 0.1) is 12.2 Å². The quantitative estimate of drug-likeness (QED) is 0.242. The molecule has 4 N–H and O–H groups in total. The number of hydrogen-bond donors (Lipinski definition) is 4. The molecule has 1 saturated carbocycles. The first-order valence-electron chi connectivity index (χ1n) is 10.5. The van der Waals surface area contributed by atoms with Gasteiger partial charge in [0.1, 0.15) is 5.75 Å².